The molecule has 150 valence electrons. The number of benzene rings is 2. The second-order valence-electron chi connectivity index (χ2n) is 6.21. The van der Waals surface area contributed by atoms with E-state index in [4.69, 9.17) is 9.84 Å². The fraction of sp³-hybridized carbons (Fsp3) is 0.263. The molecule has 2 aromatic rings. The SMILES string of the molecule is C[C@@H](OC(=O)c1ccc(CO)cc1)C(=O)Nc1cccc(S(=O)(=O)N(C)C)c1. The number of hydrogen-bond acceptors (Lipinski definition) is 6. The van der Waals surface area contributed by atoms with Crippen LogP contribution >= 0.6 is 0 Å². The van der Waals surface area contributed by atoms with Crippen molar-refractivity contribution in [2.75, 3.05) is 19.4 Å². The van der Waals surface area contributed by atoms with E-state index in [0.717, 1.165) is 4.31 Å². The Hall–Kier alpha value is -2.75. The molecule has 28 heavy (non-hydrogen) atoms. The van der Waals surface area contributed by atoms with Gasteiger partial charge in [0.2, 0.25) is 10.0 Å². The van der Waals surface area contributed by atoms with Gasteiger partial charge in [-0.3, -0.25) is 4.79 Å². The topological polar surface area (TPSA) is 113 Å². The minimum absolute atomic E-state index is 0.0314. The van der Waals surface area contributed by atoms with Crippen molar-refractivity contribution < 1.29 is 27.9 Å². The number of sulfonamides is 1. The van der Waals surface area contributed by atoms with Crippen molar-refractivity contribution >= 4 is 27.6 Å². The van der Waals surface area contributed by atoms with Crippen molar-refractivity contribution in [2.24, 2.45) is 0 Å². The van der Waals surface area contributed by atoms with Crippen LogP contribution in [0.3, 0.4) is 0 Å². The van der Waals surface area contributed by atoms with E-state index < -0.39 is 28.0 Å². The first-order chi connectivity index (χ1) is 13.1. The predicted octanol–water partition coefficient (Wildman–Crippen LogP) is 1.61. The highest BCUT2D eigenvalue weighted by atomic mass is 32.2. The number of carbonyl (C=O) groups is 2. The van der Waals surface area contributed by atoms with Gasteiger partial charge >= 0.3 is 5.97 Å². The van der Waals surface area contributed by atoms with E-state index in [9.17, 15) is 18.0 Å². The Labute approximate surface area is 163 Å². The lowest BCUT2D eigenvalue weighted by Gasteiger charge is -2.15. The van der Waals surface area contributed by atoms with E-state index in [1.807, 2.05) is 0 Å². The summed E-state index contributed by atoms with van der Waals surface area (Å²) >= 11 is 0. The maximum atomic E-state index is 12.3. The molecule has 0 aliphatic rings. The lowest BCUT2D eigenvalue weighted by atomic mass is 10.1. The van der Waals surface area contributed by atoms with Gasteiger partial charge in [0.05, 0.1) is 17.1 Å². The molecule has 1 amide bonds. The molecule has 9 heteroatoms. The third kappa shape index (κ3) is 5.16. The average molecular weight is 406 g/mol. The van der Waals surface area contributed by atoms with Gasteiger partial charge in [-0.1, -0.05) is 18.2 Å². The van der Waals surface area contributed by atoms with Crippen LogP contribution in [0.5, 0.6) is 0 Å². The molecule has 2 N–H and O–H groups in total. The highest BCUT2D eigenvalue weighted by molar-refractivity contribution is 7.89. The summed E-state index contributed by atoms with van der Waals surface area (Å²) in [6.07, 6.45) is -1.10. The molecular formula is C19H22N2O6S. The molecule has 0 fully saturated rings. The molecule has 8 nitrogen and oxygen atoms in total. The monoisotopic (exact) mass is 406 g/mol. The lowest BCUT2D eigenvalue weighted by Crippen LogP contribution is -2.30. The molecule has 0 bridgehead atoms. The van der Waals surface area contributed by atoms with Crippen molar-refractivity contribution in [1.29, 1.82) is 0 Å². The van der Waals surface area contributed by atoms with Gasteiger partial charge in [0.1, 0.15) is 0 Å². The van der Waals surface area contributed by atoms with Crippen LogP contribution in [0.25, 0.3) is 0 Å². The van der Waals surface area contributed by atoms with E-state index in [0.29, 0.717) is 5.56 Å². The number of rotatable bonds is 7. The summed E-state index contributed by atoms with van der Waals surface area (Å²) in [5.74, 6) is -1.28. The number of carbonyl (C=O) groups excluding carboxylic acids is 2. The third-order valence-corrected chi connectivity index (χ3v) is 5.72. The predicted molar refractivity (Wildman–Crippen MR) is 103 cm³/mol. The average Bonchev–Trinajstić information content (AvgIpc) is 2.68. The van der Waals surface area contributed by atoms with Gasteiger partial charge in [-0.15, -0.1) is 0 Å². The molecular weight excluding hydrogens is 384 g/mol. The third-order valence-electron chi connectivity index (χ3n) is 3.91. The van der Waals surface area contributed by atoms with E-state index in [2.05, 4.69) is 5.32 Å². The van der Waals surface area contributed by atoms with E-state index in [-0.39, 0.29) is 22.8 Å². The fourth-order valence-electron chi connectivity index (χ4n) is 2.22. The molecule has 1 atom stereocenters. The minimum Gasteiger partial charge on any atom is -0.449 e. The van der Waals surface area contributed by atoms with Gasteiger partial charge in [-0.05, 0) is 42.8 Å². The zero-order valence-corrected chi connectivity index (χ0v) is 16.6. The molecule has 2 rings (SSSR count). The van der Waals surface area contributed by atoms with Crippen molar-refractivity contribution in [3.63, 3.8) is 0 Å². The molecule has 0 aliphatic heterocycles. The lowest BCUT2D eigenvalue weighted by molar-refractivity contribution is -0.123. The number of nitrogens with one attached hydrogen (secondary N) is 1. The number of nitrogens with zero attached hydrogens (tertiary/aromatic N) is 1. The van der Waals surface area contributed by atoms with Gasteiger partial charge < -0.3 is 15.2 Å². The second-order valence-corrected chi connectivity index (χ2v) is 8.36. The van der Waals surface area contributed by atoms with Crippen LogP contribution in [0.4, 0.5) is 5.69 Å². The van der Waals surface area contributed by atoms with Crippen molar-refractivity contribution in [2.45, 2.75) is 24.5 Å². The number of esters is 1. The van der Waals surface area contributed by atoms with Crippen LogP contribution in [0.15, 0.2) is 53.4 Å². The molecule has 0 saturated carbocycles. The second kappa shape index (κ2) is 8.96. The van der Waals surface area contributed by atoms with Crippen molar-refractivity contribution in [1.82, 2.24) is 4.31 Å². The Kier molecular flexibility index (Phi) is 6.90. The quantitative estimate of drug-likeness (QED) is 0.676. The molecule has 0 saturated heterocycles. The maximum Gasteiger partial charge on any atom is 0.338 e. The Balaban J connectivity index is 2.05. The summed E-state index contributed by atoms with van der Waals surface area (Å²) in [7, 11) is -0.814. The van der Waals surface area contributed by atoms with Gasteiger partial charge in [0, 0.05) is 19.8 Å². The van der Waals surface area contributed by atoms with Gasteiger partial charge in [0.15, 0.2) is 6.10 Å². The Morgan fingerprint density at radius 2 is 1.79 bits per heavy atom. The summed E-state index contributed by atoms with van der Waals surface area (Å²) in [5.41, 5.74) is 1.16. The Morgan fingerprint density at radius 1 is 1.14 bits per heavy atom. The van der Waals surface area contributed by atoms with E-state index in [1.54, 1.807) is 12.1 Å². The van der Waals surface area contributed by atoms with Gasteiger partial charge in [-0.2, -0.15) is 0 Å². The van der Waals surface area contributed by atoms with Crippen LogP contribution in [0.1, 0.15) is 22.8 Å². The normalized spacial score (nSPS) is 12.5. The zero-order valence-electron chi connectivity index (χ0n) is 15.7. The number of aliphatic hydroxyl groups excluding tert-OH is 1. The summed E-state index contributed by atoms with van der Waals surface area (Å²) in [6, 6.07) is 11.9. The molecule has 0 heterocycles. The first kappa shape index (κ1) is 21.5. The number of amides is 1. The first-order valence-corrected chi connectivity index (χ1v) is 9.83. The number of ether oxygens (including phenoxy) is 1. The van der Waals surface area contributed by atoms with Crippen LogP contribution < -0.4 is 5.32 Å². The Bertz CT molecular complexity index is 955. The van der Waals surface area contributed by atoms with Crippen LogP contribution in [0, 0.1) is 0 Å². The maximum absolute atomic E-state index is 12.3. The molecule has 0 aliphatic carbocycles. The smallest absolute Gasteiger partial charge is 0.338 e. The van der Waals surface area contributed by atoms with Gasteiger partial charge in [0.25, 0.3) is 5.91 Å². The van der Waals surface area contributed by atoms with Crippen LogP contribution in [-0.4, -0.2) is 49.9 Å². The Morgan fingerprint density at radius 3 is 2.36 bits per heavy atom. The molecule has 0 aromatic heterocycles. The minimum atomic E-state index is -3.64. The summed E-state index contributed by atoms with van der Waals surface area (Å²) in [4.78, 5) is 24.4. The molecule has 0 unspecified atom stereocenters. The van der Waals surface area contributed by atoms with Crippen molar-refractivity contribution in [3.8, 4) is 0 Å². The number of anilines is 1. The largest absolute Gasteiger partial charge is 0.449 e. The highest BCUT2D eigenvalue weighted by Crippen LogP contribution is 2.18. The first-order valence-electron chi connectivity index (χ1n) is 8.39. The molecule has 0 radical (unpaired) electrons. The van der Waals surface area contributed by atoms with Crippen molar-refractivity contribution in [3.05, 3.63) is 59.7 Å². The fourth-order valence-corrected chi connectivity index (χ4v) is 3.17. The van der Waals surface area contributed by atoms with Crippen LogP contribution in [0.2, 0.25) is 0 Å². The number of aliphatic hydroxyl groups is 1. The summed E-state index contributed by atoms with van der Waals surface area (Å²) in [5, 5.41) is 11.6. The van der Waals surface area contributed by atoms with E-state index >= 15 is 0 Å². The number of hydrogen-bond donors (Lipinski definition) is 2. The van der Waals surface area contributed by atoms with Crippen LogP contribution in [-0.2, 0) is 26.2 Å². The highest BCUT2D eigenvalue weighted by Gasteiger charge is 2.21. The van der Waals surface area contributed by atoms with Gasteiger partial charge in [-0.25, -0.2) is 17.5 Å². The summed E-state index contributed by atoms with van der Waals surface area (Å²) in [6.45, 7) is 1.27. The summed E-state index contributed by atoms with van der Waals surface area (Å²) < 4.78 is 30.6. The van der Waals surface area contributed by atoms with E-state index in [1.165, 1.54) is 57.4 Å². The molecule has 2 aromatic carbocycles. The standard InChI is InChI=1S/C19H22N2O6S/c1-13(27-19(24)15-9-7-14(12-22)8-10-15)18(23)20-16-5-4-6-17(11-16)28(25,26)21(2)3/h4-11,13,22H,12H2,1-3H3,(H,20,23)/t13-/m1/s1. The zero-order chi connectivity index (χ0) is 20.9. The molecule has 0 spiro atoms.